The Morgan fingerprint density at radius 1 is 0.964 bits per heavy atom. The highest BCUT2D eigenvalue weighted by molar-refractivity contribution is 5.89. The Labute approximate surface area is 162 Å². The van der Waals surface area contributed by atoms with Gasteiger partial charge in [-0.15, -0.1) is 5.10 Å². The molecule has 0 radical (unpaired) electrons. The van der Waals surface area contributed by atoms with Crippen LogP contribution in [0.15, 0.2) is 48.5 Å². The first-order valence-corrected chi connectivity index (χ1v) is 8.97. The Morgan fingerprint density at radius 2 is 1.57 bits per heavy atom. The van der Waals surface area contributed by atoms with Gasteiger partial charge >= 0.3 is 6.03 Å². The predicted molar refractivity (Wildman–Crippen MR) is 104 cm³/mol. The summed E-state index contributed by atoms with van der Waals surface area (Å²) in [5, 5.41) is 17.1. The number of anilines is 1. The van der Waals surface area contributed by atoms with E-state index in [2.05, 4.69) is 26.2 Å². The van der Waals surface area contributed by atoms with Gasteiger partial charge in [0, 0.05) is 5.69 Å². The van der Waals surface area contributed by atoms with Crippen LogP contribution in [0, 0.1) is 0 Å². The summed E-state index contributed by atoms with van der Waals surface area (Å²) in [6, 6.07) is 14.2. The molecule has 0 atom stereocenters. The van der Waals surface area contributed by atoms with Gasteiger partial charge in [0.15, 0.2) is 5.82 Å². The summed E-state index contributed by atoms with van der Waals surface area (Å²) >= 11 is 0. The molecule has 9 heteroatoms. The number of ether oxygens (including phenoxy) is 2. The first-order chi connectivity index (χ1) is 13.7. The van der Waals surface area contributed by atoms with E-state index in [0.29, 0.717) is 24.7 Å². The first-order valence-electron chi connectivity index (χ1n) is 8.97. The summed E-state index contributed by atoms with van der Waals surface area (Å²) in [4.78, 5) is 12.1. The Hall–Kier alpha value is -3.62. The summed E-state index contributed by atoms with van der Waals surface area (Å²) in [5.74, 6) is 2.03. The molecule has 0 saturated heterocycles. The Bertz CT molecular complexity index is 893. The Kier molecular flexibility index (Phi) is 6.40. The van der Waals surface area contributed by atoms with Crippen molar-refractivity contribution in [1.29, 1.82) is 0 Å². The van der Waals surface area contributed by atoms with Crippen LogP contribution in [-0.4, -0.2) is 39.5 Å². The number of urea groups is 1. The van der Waals surface area contributed by atoms with Gasteiger partial charge in [-0.1, -0.05) is 0 Å². The van der Waals surface area contributed by atoms with Crippen molar-refractivity contribution in [1.82, 2.24) is 25.5 Å². The van der Waals surface area contributed by atoms with Crippen LogP contribution in [0.25, 0.3) is 5.69 Å². The minimum absolute atomic E-state index is 0.170. The molecule has 3 rings (SSSR count). The van der Waals surface area contributed by atoms with Crippen molar-refractivity contribution in [2.75, 3.05) is 18.5 Å². The van der Waals surface area contributed by atoms with Crippen molar-refractivity contribution in [3.05, 3.63) is 54.4 Å². The fraction of sp³-hybridized carbons (Fsp3) is 0.263. The topological polar surface area (TPSA) is 103 Å². The van der Waals surface area contributed by atoms with E-state index < -0.39 is 0 Å². The van der Waals surface area contributed by atoms with Gasteiger partial charge in [-0.3, -0.25) is 0 Å². The van der Waals surface area contributed by atoms with Gasteiger partial charge in [0.25, 0.3) is 0 Å². The van der Waals surface area contributed by atoms with E-state index in [1.807, 2.05) is 38.1 Å². The number of tetrazole rings is 1. The van der Waals surface area contributed by atoms with Crippen LogP contribution in [0.5, 0.6) is 11.5 Å². The summed E-state index contributed by atoms with van der Waals surface area (Å²) < 4.78 is 12.4. The molecule has 3 aromatic rings. The van der Waals surface area contributed by atoms with Crippen molar-refractivity contribution < 1.29 is 14.3 Å². The monoisotopic (exact) mass is 382 g/mol. The van der Waals surface area contributed by atoms with Crippen LogP contribution in [-0.2, 0) is 6.54 Å². The molecule has 2 aromatic carbocycles. The molecule has 0 spiro atoms. The highest BCUT2D eigenvalue weighted by atomic mass is 16.5. The number of carbonyl (C=O) groups excluding carboxylic acids is 1. The quantitative estimate of drug-likeness (QED) is 0.621. The fourth-order valence-corrected chi connectivity index (χ4v) is 2.50. The van der Waals surface area contributed by atoms with Crippen LogP contribution in [0.2, 0.25) is 0 Å². The zero-order chi connectivity index (χ0) is 19.8. The molecular weight excluding hydrogens is 360 g/mol. The Morgan fingerprint density at radius 3 is 2.18 bits per heavy atom. The van der Waals surface area contributed by atoms with Crippen LogP contribution in [0.3, 0.4) is 0 Å². The van der Waals surface area contributed by atoms with Crippen molar-refractivity contribution in [3.8, 4) is 17.2 Å². The van der Waals surface area contributed by atoms with E-state index in [9.17, 15) is 4.79 Å². The first kappa shape index (κ1) is 19.2. The number of aromatic nitrogens is 4. The van der Waals surface area contributed by atoms with Gasteiger partial charge in [-0.2, -0.15) is 4.68 Å². The molecule has 0 aliphatic carbocycles. The van der Waals surface area contributed by atoms with E-state index in [4.69, 9.17) is 9.47 Å². The van der Waals surface area contributed by atoms with Crippen LogP contribution >= 0.6 is 0 Å². The molecule has 0 aliphatic rings. The zero-order valence-electron chi connectivity index (χ0n) is 15.8. The molecule has 0 unspecified atom stereocenters. The van der Waals surface area contributed by atoms with Gasteiger partial charge < -0.3 is 20.1 Å². The van der Waals surface area contributed by atoms with Crippen molar-refractivity contribution in [3.63, 3.8) is 0 Å². The third-order valence-corrected chi connectivity index (χ3v) is 3.76. The molecule has 2 N–H and O–H groups in total. The summed E-state index contributed by atoms with van der Waals surface area (Å²) in [6.45, 7) is 5.21. The number of nitrogens with zero attached hydrogens (tertiary/aromatic N) is 4. The number of amides is 2. The van der Waals surface area contributed by atoms with Gasteiger partial charge in [-0.25, -0.2) is 4.79 Å². The minimum atomic E-state index is -0.356. The van der Waals surface area contributed by atoms with Gasteiger partial charge in [0.05, 0.1) is 25.4 Å². The van der Waals surface area contributed by atoms with Crippen LogP contribution < -0.4 is 20.1 Å². The molecule has 0 saturated carbocycles. The van der Waals surface area contributed by atoms with E-state index >= 15 is 0 Å². The molecule has 0 bridgehead atoms. The van der Waals surface area contributed by atoms with E-state index in [-0.39, 0.29) is 12.6 Å². The summed E-state index contributed by atoms with van der Waals surface area (Å²) in [5.41, 5.74) is 1.43. The number of nitrogens with one attached hydrogen (secondary N) is 2. The van der Waals surface area contributed by atoms with Gasteiger partial charge in [-0.05, 0) is 72.8 Å². The number of hydrogen-bond donors (Lipinski definition) is 2. The van der Waals surface area contributed by atoms with Crippen LogP contribution in [0.1, 0.15) is 19.7 Å². The van der Waals surface area contributed by atoms with Gasteiger partial charge in [0.2, 0.25) is 0 Å². The molecule has 28 heavy (non-hydrogen) atoms. The SMILES string of the molecule is CCOc1ccc(NC(=O)NCc2nnnn2-c2ccc(OCC)cc2)cc1. The molecular formula is C19H22N6O3. The number of rotatable bonds is 8. The molecule has 0 fully saturated rings. The third kappa shape index (κ3) is 4.97. The standard InChI is InChI=1S/C19H22N6O3/c1-3-27-16-9-5-14(6-10-16)21-19(26)20-13-18-22-23-24-25(18)15-7-11-17(12-8-15)28-4-2/h5-12H,3-4,13H2,1-2H3,(H2,20,21,26). The lowest BCUT2D eigenvalue weighted by Crippen LogP contribution is -2.29. The second kappa shape index (κ2) is 9.36. The Balaban J connectivity index is 1.57. The average Bonchev–Trinajstić information content (AvgIpc) is 3.18. The maximum Gasteiger partial charge on any atom is 0.319 e. The van der Waals surface area contributed by atoms with E-state index in [1.54, 1.807) is 28.9 Å². The molecule has 1 heterocycles. The second-order valence-corrected chi connectivity index (χ2v) is 5.70. The van der Waals surface area contributed by atoms with Crippen LogP contribution in [0.4, 0.5) is 10.5 Å². The lowest BCUT2D eigenvalue weighted by molar-refractivity contribution is 0.251. The average molecular weight is 382 g/mol. The number of carbonyl (C=O) groups is 1. The normalized spacial score (nSPS) is 10.4. The lowest BCUT2D eigenvalue weighted by Gasteiger charge is -2.09. The maximum absolute atomic E-state index is 12.1. The molecule has 0 aliphatic heterocycles. The van der Waals surface area contributed by atoms with Crippen molar-refractivity contribution in [2.45, 2.75) is 20.4 Å². The predicted octanol–water partition coefficient (Wildman–Crippen LogP) is 2.78. The van der Waals surface area contributed by atoms with Crippen molar-refractivity contribution >= 4 is 11.7 Å². The van der Waals surface area contributed by atoms with E-state index in [1.165, 1.54) is 0 Å². The fourth-order valence-electron chi connectivity index (χ4n) is 2.50. The lowest BCUT2D eigenvalue weighted by atomic mass is 10.3. The zero-order valence-corrected chi connectivity index (χ0v) is 15.8. The highest BCUT2D eigenvalue weighted by Gasteiger charge is 2.10. The highest BCUT2D eigenvalue weighted by Crippen LogP contribution is 2.16. The second-order valence-electron chi connectivity index (χ2n) is 5.70. The minimum Gasteiger partial charge on any atom is -0.494 e. The molecule has 146 valence electrons. The summed E-state index contributed by atoms with van der Waals surface area (Å²) in [7, 11) is 0. The van der Waals surface area contributed by atoms with Crippen molar-refractivity contribution in [2.24, 2.45) is 0 Å². The smallest absolute Gasteiger partial charge is 0.319 e. The van der Waals surface area contributed by atoms with E-state index in [0.717, 1.165) is 17.2 Å². The molecule has 1 aromatic heterocycles. The summed E-state index contributed by atoms with van der Waals surface area (Å²) in [6.07, 6.45) is 0. The largest absolute Gasteiger partial charge is 0.494 e. The number of benzene rings is 2. The molecule has 9 nitrogen and oxygen atoms in total. The molecule has 2 amide bonds. The number of hydrogen-bond acceptors (Lipinski definition) is 6. The maximum atomic E-state index is 12.1. The third-order valence-electron chi connectivity index (χ3n) is 3.76. The van der Waals surface area contributed by atoms with Gasteiger partial charge in [0.1, 0.15) is 11.5 Å².